The molecular weight excluding hydrogens is 298 g/mol. The Morgan fingerprint density at radius 3 is 2.33 bits per heavy atom. The first-order chi connectivity index (χ1) is 11.8. The van der Waals surface area contributed by atoms with Gasteiger partial charge in [0.15, 0.2) is 0 Å². The predicted molar refractivity (Wildman–Crippen MR) is 97.7 cm³/mol. The van der Waals surface area contributed by atoms with Gasteiger partial charge in [0.05, 0.1) is 6.20 Å². The van der Waals surface area contributed by atoms with Crippen molar-refractivity contribution in [1.29, 1.82) is 0 Å². The van der Waals surface area contributed by atoms with Crippen LogP contribution in [0.3, 0.4) is 0 Å². The molecule has 1 aliphatic heterocycles. The summed E-state index contributed by atoms with van der Waals surface area (Å²) in [5, 5.41) is 10.6. The van der Waals surface area contributed by atoms with Crippen molar-refractivity contribution in [2.45, 2.75) is 33.5 Å². The Bertz CT molecular complexity index is 628. The molecule has 0 aliphatic carbocycles. The van der Waals surface area contributed by atoms with E-state index in [0.29, 0.717) is 0 Å². The first kappa shape index (κ1) is 17.1. The Morgan fingerprint density at radius 1 is 1.00 bits per heavy atom. The number of hydrogen-bond acceptors (Lipinski definition) is 4. The fraction of sp³-hybridized carbons (Fsp3) is 0.526. The minimum absolute atomic E-state index is 0.853. The molecule has 130 valence electrons. The molecule has 1 saturated heterocycles. The van der Waals surface area contributed by atoms with E-state index in [1.165, 1.54) is 49.4 Å². The molecule has 5 nitrogen and oxygen atoms in total. The lowest BCUT2D eigenvalue weighted by Crippen LogP contribution is -2.45. The zero-order chi connectivity index (χ0) is 16.8. The van der Waals surface area contributed by atoms with Crippen LogP contribution in [0.5, 0.6) is 0 Å². The Morgan fingerprint density at radius 2 is 1.67 bits per heavy atom. The van der Waals surface area contributed by atoms with Crippen molar-refractivity contribution in [3.8, 4) is 0 Å². The Hall–Kier alpha value is -1.69. The fourth-order valence-electron chi connectivity index (χ4n) is 3.27. The van der Waals surface area contributed by atoms with Crippen molar-refractivity contribution in [3.05, 3.63) is 52.8 Å². The molecule has 0 radical (unpaired) electrons. The molecule has 0 unspecified atom stereocenters. The highest BCUT2D eigenvalue weighted by Gasteiger charge is 2.16. The molecular formula is C19H29N5. The molecule has 24 heavy (non-hydrogen) atoms. The second kappa shape index (κ2) is 8.42. The van der Waals surface area contributed by atoms with Gasteiger partial charge in [0, 0.05) is 57.1 Å². The van der Waals surface area contributed by atoms with Gasteiger partial charge in [0.1, 0.15) is 0 Å². The van der Waals surface area contributed by atoms with E-state index in [0.717, 1.165) is 25.3 Å². The summed E-state index contributed by atoms with van der Waals surface area (Å²) in [7, 11) is 0. The van der Waals surface area contributed by atoms with Crippen LogP contribution >= 0.6 is 0 Å². The van der Waals surface area contributed by atoms with Gasteiger partial charge in [-0.05, 0) is 24.6 Å². The first-order valence-electron chi connectivity index (χ1n) is 8.97. The van der Waals surface area contributed by atoms with Gasteiger partial charge in [-0.3, -0.25) is 10.00 Å². The summed E-state index contributed by atoms with van der Waals surface area (Å²) in [6.07, 6.45) is 1.90. The highest BCUT2D eigenvalue weighted by Crippen LogP contribution is 2.14. The number of nitrogens with zero attached hydrogens (tertiary/aromatic N) is 3. The predicted octanol–water partition coefficient (Wildman–Crippen LogP) is 2.15. The van der Waals surface area contributed by atoms with Crippen LogP contribution in [-0.4, -0.2) is 52.7 Å². The molecule has 1 aromatic carbocycles. The number of nitrogens with one attached hydrogen (secondary N) is 2. The third-order valence-corrected chi connectivity index (χ3v) is 4.99. The van der Waals surface area contributed by atoms with E-state index in [1.54, 1.807) is 0 Å². The molecule has 1 aromatic heterocycles. The average Bonchev–Trinajstić information content (AvgIpc) is 3.02. The largest absolute Gasteiger partial charge is 0.308 e. The molecule has 0 bridgehead atoms. The maximum Gasteiger partial charge on any atom is 0.0535 e. The molecule has 2 heterocycles. The zero-order valence-electron chi connectivity index (χ0n) is 14.9. The van der Waals surface area contributed by atoms with Crippen molar-refractivity contribution in [2.24, 2.45) is 0 Å². The standard InChI is InChI=1S/C19H29N5/c1-3-23-8-10-24(11-9-23)15-18-7-5-4-6-17(18)12-20-13-19-14-21-22-16(19)2/h4-7,14,20H,3,8-13,15H2,1-2H3,(H,21,22). The minimum Gasteiger partial charge on any atom is -0.308 e. The van der Waals surface area contributed by atoms with Crippen molar-refractivity contribution in [1.82, 2.24) is 25.3 Å². The van der Waals surface area contributed by atoms with Crippen molar-refractivity contribution in [3.63, 3.8) is 0 Å². The van der Waals surface area contributed by atoms with E-state index in [1.807, 2.05) is 6.20 Å². The molecule has 3 rings (SSSR count). The SMILES string of the molecule is CCN1CCN(Cc2ccccc2CNCc2cn[nH]c2C)CC1. The second-order valence-electron chi connectivity index (χ2n) is 6.60. The molecule has 5 heteroatoms. The zero-order valence-corrected chi connectivity index (χ0v) is 14.9. The van der Waals surface area contributed by atoms with E-state index in [4.69, 9.17) is 0 Å². The molecule has 0 atom stereocenters. The van der Waals surface area contributed by atoms with Crippen LogP contribution in [0.2, 0.25) is 0 Å². The van der Waals surface area contributed by atoms with Crippen LogP contribution in [0, 0.1) is 6.92 Å². The Balaban J connectivity index is 1.54. The van der Waals surface area contributed by atoms with Crippen molar-refractivity contribution >= 4 is 0 Å². The van der Waals surface area contributed by atoms with Gasteiger partial charge in [-0.1, -0.05) is 31.2 Å². The molecule has 0 spiro atoms. The van der Waals surface area contributed by atoms with Gasteiger partial charge >= 0.3 is 0 Å². The van der Waals surface area contributed by atoms with E-state index in [2.05, 4.69) is 63.4 Å². The molecule has 2 aromatic rings. The van der Waals surface area contributed by atoms with Gasteiger partial charge in [0.2, 0.25) is 0 Å². The number of aromatic amines is 1. The van der Waals surface area contributed by atoms with Crippen LogP contribution in [0.1, 0.15) is 29.3 Å². The van der Waals surface area contributed by atoms with E-state index >= 15 is 0 Å². The fourth-order valence-corrected chi connectivity index (χ4v) is 3.27. The molecule has 1 aliphatic rings. The highest BCUT2D eigenvalue weighted by atomic mass is 15.3. The number of aryl methyl sites for hydroxylation is 1. The highest BCUT2D eigenvalue weighted by molar-refractivity contribution is 5.27. The normalized spacial score (nSPS) is 16.6. The maximum atomic E-state index is 4.08. The van der Waals surface area contributed by atoms with Crippen LogP contribution in [0.25, 0.3) is 0 Å². The van der Waals surface area contributed by atoms with Gasteiger partial charge in [-0.25, -0.2) is 0 Å². The summed E-state index contributed by atoms with van der Waals surface area (Å²) in [4.78, 5) is 5.10. The van der Waals surface area contributed by atoms with Crippen LogP contribution in [-0.2, 0) is 19.6 Å². The lowest BCUT2D eigenvalue weighted by Gasteiger charge is -2.34. The third-order valence-electron chi connectivity index (χ3n) is 4.99. The Kier molecular flexibility index (Phi) is 6.01. The third kappa shape index (κ3) is 4.44. The Labute approximate surface area is 145 Å². The molecule has 1 fully saturated rings. The molecule has 0 saturated carbocycles. The smallest absolute Gasteiger partial charge is 0.0535 e. The lowest BCUT2D eigenvalue weighted by atomic mass is 10.1. The van der Waals surface area contributed by atoms with Gasteiger partial charge in [-0.2, -0.15) is 5.10 Å². The number of likely N-dealkylation sites (N-methyl/N-ethyl adjacent to an activating group) is 1. The second-order valence-corrected chi connectivity index (χ2v) is 6.60. The molecule has 0 amide bonds. The van der Waals surface area contributed by atoms with Crippen molar-refractivity contribution < 1.29 is 0 Å². The van der Waals surface area contributed by atoms with E-state index in [-0.39, 0.29) is 0 Å². The number of benzene rings is 1. The minimum atomic E-state index is 0.853. The maximum absolute atomic E-state index is 4.08. The summed E-state index contributed by atoms with van der Waals surface area (Å²) >= 11 is 0. The summed E-state index contributed by atoms with van der Waals surface area (Å²) in [6, 6.07) is 8.80. The summed E-state index contributed by atoms with van der Waals surface area (Å²) in [6.45, 7) is 13.0. The average molecular weight is 327 g/mol. The number of H-pyrrole nitrogens is 1. The summed E-state index contributed by atoms with van der Waals surface area (Å²) in [5.41, 5.74) is 5.23. The quantitative estimate of drug-likeness (QED) is 0.818. The monoisotopic (exact) mass is 327 g/mol. The van der Waals surface area contributed by atoms with Crippen LogP contribution < -0.4 is 5.32 Å². The first-order valence-corrected chi connectivity index (χ1v) is 8.97. The van der Waals surface area contributed by atoms with E-state index < -0.39 is 0 Å². The summed E-state index contributed by atoms with van der Waals surface area (Å²) < 4.78 is 0. The van der Waals surface area contributed by atoms with Crippen LogP contribution in [0.15, 0.2) is 30.5 Å². The lowest BCUT2D eigenvalue weighted by molar-refractivity contribution is 0.131. The van der Waals surface area contributed by atoms with Crippen molar-refractivity contribution in [2.75, 3.05) is 32.7 Å². The summed E-state index contributed by atoms with van der Waals surface area (Å²) in [5.74, 6) is 0. The number of rotatable bonds is 7. The topological polar surface area (TPSA) is 47.2 Å². The van der Waals surface area contributed by atoms with Gasteiger partial charge in [0.25, 0.3) is 0 Å². The number of aromatic nitrogens is 2. The number of hydrogen-bond donors (Lipinski definition) is 2. The van der Waals surface area contributed by atoms with E-state index in [9.17, 15) is 0 Å². The van der Waals surface area contributed by atoms with Crippen LogP contribution in [0.4, 0.5) is 0 Å². The number of piperazine rings is 1. The van der Waals surface area contributed by atoms with Gasteiger partial charge < -0.3 is 10.2 Å². The van der Waals surface area contributed by atoms with Gasteiger partial charge in [-0.15, -0.1) is 0 Å². The molecule has 2 N–H and O–H groups in total.